The third-order valence-electron chi connectivity index (χ3n) is 4.17. The van der Waals surface area contributed by atoms with E-state index in [0.717, 1.165) is 0 Å². The molecular weight excluding hydrogens is 358 g/mol. The first kappa shape index (κ1) is 16.7. The smallest absolute Gasteiger partial charge is 0.263 e. The van der Waals surface area contributed by atoms with Gasteiger partial charge in [-0.05, 0) is 23.8 Å². The zero-order valence-corrected chi connectivity index (χ0v) is 14.4. The second-order valence-electron chi connectivity index (χ2n) is 5.75. The minimum atomic E-state index is -0.711. The van der Waals surface area contributed by atoms with Crippen LogP contribution in [0.25, 0.3) is 21.5 Å². The van der Waals surface area contributed by atoms with Crippen molar-refractivity contribution in [3.05, 3.63) is 75.6 Å². The molecule has 4 nitrogen and oxygen atoms in total. The summed E-state index contributed by atoms with van der Waals surface area (Å²) in [7, 11) is 0. The summed E-state index contributed by atoms with van der Waals surface area (Å²) in [6.07, 6.45) is 1.64. The van der Waals surface area contributed by atoms with Crippen molar-refractivity contribution >= 4 is 21.6 Å². The molecule has 0 atom stereocenters. The lowest BCUT2D eigenvalue weighted by Crippen LogP contribution is -2.26. The Labute approximate surface area is 151 Å². The van der Waals surface area contributed by atoms with Gasteiger partial charge in [0.1, 0.15) is 28.9 Å². The minimum Gasteiger partial charge on any atom is -0.464 e. The summed E-state index contributed by atoms with van der Waals surface area (Å²) < 4.78 is 33.8. The van der Waals surface area contributed by atoms with E-state index < -0.39 is 6.67 Å². The fourth-order valence-corrected chi connectivity index (χ4v) is 3.88. The molecule has 7 heteroatoms. The molecule has 0 aliphatic carbocycles. The van der Waals surface area contributed by atoms with E-state index in [9.17, 15) is 13.6 Å². The normalized spacial score (nSPS) is 11.3. The summed E-state index contributed by atoms with van der Waals surface area (Å²) in [6, 6.07) is 9.79. The monoisotopic (exact) mass is 372 g/mol. The average Bonchev–Trinajstić information content (AvgIpc) is 3.29. The molecule has 0 unspecified atom stereocenters. The lowest BCUT2D eigenvalue weighted by molar-refractivity contribution is 0.432. The Morgan fingerprint density at radius 2 is 2.04 bits per heavy atom. The Kier molecular flexibility index (Phi) is 4.38. The minimum absolute atomic E-state index is 0.117. The second-order valence-corrected chi connectivity index (χ2v) is 6.61. The third kappa shape index (κ3) is 2.84. The van der Waals surface area contributed by atoms with E-state index in [0.29, 0.717) is 32.9 Å². The number of fused-ring (bicyclic) bond motifs is 1. The van der Waals surface area contributed by atoms with Crippen molar-refractivity contribution in [2.24, 2.45) is 0 Å². The molecule has 3 heterocycles. The standard InChI is InChI=1S/C19H14F2N2O2S/c20-7-8-23-16(10-12-4-1-2-5-14(12)21)22-18-17(19(23)24)13(11-26-18)15-6-3-9-25-15/h1-6,9,11H,7-8,10H2. The van der Waals surface area contributed by atoms with Gasteiger partial charge in [0.25, 0.3) is 5.56 Å². The van der Waals surface area contributed by atoms with Gasteiger partial charge in [-0.1, -0.05) is 18.2 Å². The molecule has 0 bridgehead atoms. The van der Waals surface area contributed by atoms with Crippen molar-refractivity contribution in [3.63, 3.8) is 0 Å². The molecule has 4 rings (SSSR count). The first-order chi connectivity index (χ1) is 12.7. The van der Waals surface area contributed by atoms with E-state index >= 15 is 0 Å². The number of hydrogen-bond donors (Lipinski definition) is 0. The number of hydrogen-bond acceptors (Lipinski definition) is 4. The highest BCUT2D eigenvalue weighted by atomic mass is 32.1. The van der Waals surface area contributed by atoms with Gasteiger partial charge >= 0.3 is 0 Å². The van der Waals surface area contributed by atoms with Gasteiger partial charge in [-0.25, -0.2) is 13.8 Å². The van der Waals surface area contributed by atoms with E-state index in [1.54, 1.807) is 35.7 Å². The van der Waals surface area contributed by atoms with Crippen LogP contribution in [0.15, 0.2) is 57.3 Å². The molecule has 0 saturated carbocycles. The molecule has 0 aliphatic rings. The molecule has 0 spiro atoms. The number of aromatic nitrogens is 2. The van der Waals surface area contributed by atoms with Gasteiger partial charge in [0.15, 0.2) is 0 Å². The van der Waals surface area contributed by atoms with Gasteiger partial charge in [0.2, 0.25) is 0 Å². The van der Waals surface area contributed by atoms with Crippen molar-refractivity contribution in [2.75, 3.05) is 6.67 Å². The van der Waals surface area contributed by atoms with Crippen LogP contribution in [0.3, 0.4) is 0 Å². The maximum absolute atomic E-state index is 14.0. The Morgan fingerprint density at radius 1 is 1.19 bits per heavy atom. The summed E-state index contributed by atoms with van der Waals surface area (Å²) in [5, 5.41) is 2.19. The van der Waals surface area contributed by atoms with Crippen LogP contribution in [0.2, 0.25) is 0 Å². The first-order valence-corrected chi connectivity index (χ1v) is 8.91. The highest BCUT2D eigenvalue weighted by Gasteiger charge is 2.19. The highest BCUT2D eigenvalue weighted by Crippen LogP contribution is 2.31. The summed E-state index contributed by atoms with van der Waals surface area (Å²) in [5.41, 5.74) is 0.707. The quantitative estimate of drug-likeness (QED) is 0.521. The molecule has 4 aromatic rings. The van der Waals surface area contributed by atoms with Gasteiger partial charge in [-0.2, -0.15) is 0 Å². The molecule has 132 valence electrons. The SMILES string of the molecule is O=c1c2c(-c3ccco3)csc2nc(Cc2ccccc2F)n1CCF. The summed E-state index contributed by atoms with van der Waals surface area (Å²) in [4.78, 5) is 18.1. The topological polar surface area (TPSA) is 48.0 Å². The van der Waals surface area contributed by atoms with Crippen LogP contribution in [0.5, 0.6) is 0 Å². The lowest BCUT2D eigenvalue weighted by Gasteiger charge is -2.11. The van der Waals surface area contributed by atoms with Gasteiger partial charge in [0, 0.05) is 17.4 Å². The molecule has 0 aliphatic heterocycles. The van der Waals surface area contributed by atoms with Crippen molar-refractivity contribution < 1.29 is 13.2 Å². The largest absolute Gasteiger partial charge is 0.464 e. The molecule has 0 saturated heterocycles. The molecule has 26 heavy (non-hydrogen) atoms. The summed E-state index contributed by atoms with van der Waals surface area (Å²) >= 11 is 1.31. The molecule has 0 fully saturated rings. The second kappa shape index (κ2) is 6.84. The number of thiophene rings is 1. The van der Waals surface area contributed by atoms with E-state index in [-0.39, 0.29) is 24.3 Å². The van der Waals surface area contributed by atoms with E-state index in [1.165, 1.54) is 28.2 Å². The van der Waals surface area contributed by atoms with E-state index in [1.807, 2.05) is 0 Å². The highest BCUT2D eigenvalue weighted by molar-refractivity contribution is 7.17. The van der Waals surface area contributed by atoms with Crippen LogP contribution >= 0.6 is 11.3 Å². The molecule has 0 amide bonds. The number of nitrogens with zero attached hydrogens (tertiary/aromatic N) is 2. The predicted molar refractivity (Wildman–Crippen MR) is 96.8 cm³/mol. The fraction of sp³-hybridized carbons (Fsp3) is 0.158. The Bertz CT molecular complexity index is 1120. The number of halogens is 2. The number of furan rings is 1. The molecular formula is C19H14F2N2O2S. The van der Waals surface area contributed by atoms with E-state index in [2.05, 4.69) is 4.98 Å². The maximum atomic E-state index is 14.0. The van der Waals surface area contributed by atoms with Crippen molar-refractivity contribution in [1.82, 2.24) is 9.55 Å². The number of alkyl halides is 1. The van der Waals surface area contributed by atoms with Gasteiger partial charge in [-0.3, -0.25) is 9.36 Å². The van der Waals surface area contributed by atoms with Crippen molar-refractivity contribution in [1.29, 1.82) is 0 Å². The van der Waals surface area contributed by atoms with E-state index in [4.69, 9.17) is 4.42 Å². The molecule has 3 aromatic heterocycles. The molecule has 1 aromatic carbocycles. The van der Waals surface area contributed by atoms with Crippen molar-refractivity contribution in [3.8, 4) is 11.3 Å². The Morgan fingerprint density at radius 3 is 2.77 bits per heavy atom. The predicted octanol–water partition coefficient (Wildman–Crippen LogP) is 4.42. The third-order valence-corrected chi connectivity index (χ3v) is 5.05. The fourth-order valence-electron chi connectivity index (χ4n) is 2.94. The van der Waals surface area contributed by atoms with Crippen LogP contribution in [0.4, 0.5) is 8.78 Å². The van der Waals surface area contributed by atoms with Crippen LogP contribution in [-0.4, -0.2) is 16.2 Å². The van der Waals surface area contributed by atoms with Gasteiger partial charge in [0.05, 0.1) is 18.2 Å². The van der Waals surface area contributed by atoms with Gasteiger partial charge < -0.3 is 4.42 Å². The Balaban J connectivity index is 1.90. The first-order valence-electron chi connectivity index (χ1n) is 8.03. The average molecular weight is 372 g/mol. The van der Waals surface area contributed by atoms with Crippen LogP contribution in [0, 0.1) is 5.82 Å². The molecule has 0 N–H and O–H groups in total. The Hall–Kier alpha value is -2.80. The van der Waals surface area contributed by atoms with Crippen LogP contribution in [0.1, 0.15) is 11.4 Å². The number of benzene rings is 1. The summed E-state index contributed by atoms with van der Waals surface area (Å²) in [5.74, 6) is 0.526. The lowest BCUT2D eigenvalue weighted by atomic mass is 10.1. The van der Waals surface area contributed by atoms with Crippen LogP contribution < -0.4 is 5.56 Å². The number of rotatable bonds is 5. The summed E-state index contributed by atoms with van der Waals surface area (Å²) in [6.45, 7) is -0.837. The molecule has 0 radical (unpaired) electrons. The van der Waals surface area contributed by atoms with Gasteiger partial charge in [-0.15, -0.1) is 11.3 Å². The van der Waals surface area contributed by atoms with Crippen molar-refractivity contribution in [2.45, 2.75) is 13.0 Å². The zero-order chi connectivity index (χ0) is 18.1. The maximum Gasteiger partial charge on any atom is 0.263 e. The zero-order valence-electron chi connectivity index (χ0n) is 13.6. The van der Waals surface area contributed by atoms with Crippen LogP contribution in [-0.2, 0) is 13.0 Å².